The summed E-state index contributed by atoms with van der Waals surface area (Å²) in [4.78, 5) is 12.7. The van der Waals surface area contributed by atoms with Crippen LogP contribution in [0.2, 0.25) is 0 Å². The molecule has 2 fully saturated rings. The molecule has 3 aliphatic rings. The number of aliphatic hydroxyl groups is 2. The Balaban J connectivity index is 1.93. The van der Waals surface area contributed by atoms with E-state index in [1.54, 1.807) is 6.08 Å². The summed E-state index contributed by atoms with van der Waals surface area (Å²) in [6.07, 6.45) is -0.236. The molecule has 0 saturated heterocycles. The van der Waals surface area contributed by atoms with Crippen LogP contribution in [-0.2, 0) is 9.53 Å². The van der Waals surface area contributed by atoms with E-state index in [2.05, 4.69) is 6.58 Å². The van der Waals surface area contributed by atoms with Crippen molar-refractivity contribution in [3.05, 3.63) is 30.4 Å². The van der Waals surface area contributed by atoms with Gasteiger partial charge >= 0.3 is 0 Å². The summed E-state index contributed by atoms with van der Waals surface area (Å²) in [6, 6.07) is 3.63. The monoisotopic (exact) mass is 390 g/mol. The molecule has 2 aliphatic carbocycles. The number of benzene rings is 1. The van der Waals surface area contributed by atoms with Crippen LogP contribution in [0, 0.1) is 11.3 Å². The van der Waals surface area contributed by atoms with Crippen LogP contribution >= 0.6 is 0 Å². The highest BCUT2D eigenvalue weighted by molar-refractivity contribution is 5.87. The first-order chi connectivity index (χ1) is 13.4. The number of fused-ring (bicyclic) bond motifs is 3. The first-order valence-electron chi connectivity index (χ1n) is 9.39. The van der Waals surface area contributed by atoms with Crippen LogP contribution in [0.1, 0.15) is 31.2 Å². The lowest BCUT2D eigenvalue weighted by Crippen LogP contribution is -2.63. The van der Waals surface area contributed by atoms with Gasteiger partial charge in [-0.05, 0) is 30.0 Å². The van der Waals surface area contributed by atoms with E-state index in [9.17, 15) is 15.0 Å². The van der Waals surface area contributed by atoms with Crippen molar-refractivity contribution in [1.82, 2.24) is 0 Å². The van der Waals surface area contributed by atoms with Gasteiger partial charge in [0.25, 0.3) is 0 Å². The Kier molecular flexibility index (Phi) is 4.45. The maximum absolute atomic E-state index is 12.7. The van der Waals surface area contributed by atoms with Gasteiger partial charge < -0.3 is 29.2 Å². The third-order valence-corrected chi connectivity index (χ3v) is 7.02. The second-order valence-electron chi connectivity index (χ2n) is 7.96. The van der Waals surface area contributed by atoms with Crippen LogP contribution in [-0.4, -0.2) is 54.8 Å². The molecule has 2 bridgehead atoms. The molecular formula is C21H26O7. The van der Waals surface area contributed by atoms with Crippen molar-refractivity contribution in [2.24, 2.45) is 11.3 Å². The number of hydrogen-bond acceptors (Lipinski definition) is 7. The van der Waals surface area contributed by atoms with Gasteiger partial charge in [-0.2, -0.15) is 0 Å². The lowest BCUT2D eigenvalue weighted by atomic mass is 9.65. The molecule has 0 amide bonds. The Morgan fingerprint density at radius 1 is 1.32 bits per heavy atom. The summed E-state index contributed by atoms with van der Waals surface area (Å²) in [7, 11) is 2.97. The molecule has 7 heteroatoms. The van der Waals surface area contributed by atoms with Crippen LogP contribution in [0.5, 0.6) is 17.2 Å². The molecule has 4 rings (SSSR count). The van der Waals surface area contributed by atoms with E-state index in [1.165, 1.54) is 14.2 Å². The Morgan fingerprint density at radius 2 is 2.07 bits per heavy atom. The Hall–Kier alpha value is -2.09. The standard InChI is InChI=1S/C21H26O7/c1-5-6-20-9-13(22)18(23)21(26-4,19(20)24)16(11(20)2)12-7-14(25-3)17-15(8-12)27-10-28-17/h5,7-8,11,16,18-19,23-24H,1,6,9-10H2,2-4H3/t11-,16+,18?,19?,20-,21+/m0/s1. The fraction of sp³-hybridized carbons (Fsp3) is 0.571. The molecule has 7 nitrogen and oxygen atoms in total. The maximum atomic E-state index is 12.7. The molecular weight excluding hydrogens is 364 g/mol. The van der Waals surface area contributed by atoms with Crippen molar-refractivity contribution in [1.29, 1.82) is 0 Å². The number of aliphatic hydroxyl groups excluding tert-OH is 2. The molecule has 6 atom stereocenters. The summed E-state index contributed by atoms with van der Waals surface area (Å²) < 4.78 is 22.3. The summed E-state index contributed by atoms with van der Waals surface area (Å²) in [5.41, 5.74) is -1.46. The van der Waals surface area contributed by atoms with Gasteiger partial charge in [-0.3, -0.25) is 4.79 Å². The number of carbonyl (C=O) groups is 1. The van der Waals surface area contributed by atoms with Gasteiger partial charge in [-0.15, -0.1) is 6.58 Å². The molecule has 28 heavy (non-hydrogen) atoms. The van der Waals surface area contributed by atoms with E-state index in [4.69, 9.17) is 18.9 Å². The number of methoxy groups -OCH3 is 2. The number of Topliss-reactive ketones (excluding diaryl/α,β-unsaturated/α-hetero) is 1. The third kappa shape index (κ3) is 2.18. The average molecular weight is 390 g/mol. The molecule has 1 aliphatic heterocycles. The van der Waals surface area contributed by atoms with Crippen LogP contribution in [0.3, 0.4) is 0 Å². The number of hydrogen-bond donors (Lipinski definition) is 2. The maximum Gasteiger partial charge on any atom is 0.231 e. The zero-order chi connectivity index (χ0) is 20.3. The Morgan fingerprint density at radius 3 is 2.71 bits per heavy atom. The number of ether oxygens (including phenoxy) is 4. The first kappa shape index (κ1) is 19.2. The fourth-order valence-electron chi connectivity index (χ4n) is 5.71. The molecule has 0 radical (unpaired) electrons. The Labute approximate surface area is 163 Å². The zero-order valence-electron chi connectivity index (χ0n) is 16.3. The van der Waals surface area contributed by atoms with Crippen LogP contribution in [0.15, 0.2) is 24.8 Å². The highest BCUT2D eigenvalue weighted by atomic mass is 16.7. The van der Waals surface area contributed by atoms with Crippen molar-refractivity contribution in [3.8, 4) is 17.2 Å². The van der Waals surface area contributed by atoms with Gasteiger partial charge in [0, 0.05) is 24.9 Å². The van der Waals surface area contributed by atoms with Gasteiger partial charge in [0.2, 0.25) is 12.5 Å². The van der Waals surface area contributed by atoms with Crippen molar-refractivity contribution in [2.45, 2.75) is 43.5 Å². The normalized spacial score (nSPS) is 38.5. The molecule has 152 valence electrons. The molecule has 2 unspecified atom stereocenters. The van der Waals surface area contributed by atoms with E-state index in [0.717, 1.165) is 5.56 Å². The topological polar surface area (TPSA) is 94.5 Å². The van der Waals surface area contributed by atoms with E-state index < -0.39 is 29.1 Å². The smallest absolute Gasteiger partial charge is 0.231 e. The molecule has 2 saturated carbocycles. The number of ketones is 1. The van der Waals surface area contributed by atoms with Crippen molar-refractivity contribution in [2.75, 3.05) is 21.0 Å². The van der Waals surface area contributed by atoms with Gasteiger partial charge in [0.1, 0.15) is 11.7 Å². The van der Waals surface area contributed by atoms with Crippen LogP contribution in [0.25, 0.3) is 0 Å². The van der Waals surface area contributed by atoms with Crippen molar-refractivity contribution < 1.29 is 34.0 Å². The third-order valence-electron chi connectivity index (χ3n) is 7.02. The van der Waals surface area contributed by atoms with Crippen LogP contribution in [0.4, 0.5) is 0 Å². The largest absolute Gasteiger partial charge is 0.493 e. The number of carbonyl (C=O) groups excluding carboxylic acids is 1. The van der Waals surface area contributed by atoms with Gasteiger partial charge in [-0.25, -0.2) is 0 Å². The molecule has 1 aromatic carbocycles. The minimum Gasteiger partial charge on any atom is -0.493 e. The predicted octanol–water partition coefficient (Wildman–Crippen LogP) is 1.80. The fourth-order valence-corrected chi connectivity index (χ4v) is 5.71. The van der Waals surface area contributed by atoms with E-state index >= 15 is 0 Å². The summed E-state index contributed by atoms with van der Waals surface area (Å²) in [6.45, 7) is 5.90. The summed E-state index contributed by atoms with van der Waals surface area (Å²) >= 11 is 0. The first-order valence-corrected chi connectivity index (χ1v) is 9.39. The van der Waals surface area contributed by atoms with Gasteiger partial charge in [0.05, 0.1) is 13.2 Å². The second-order valence-corrected chi connectivity index (χ2v) is 7.96. The quantitative estimate of drug-likeness (QED) is 0.741. The van der Waals surface area contributed by atoms with Crippen molar-refractivity contribution in [3.63, 3.8) is 0 Å². The van der Waals surface area contributed by atoms with Crippen LogP contribution < -0.4 is 14.2 Å². The predicted molar refractivity (Wildman–Crippen MR) is 99.6 cm³/mol. The Bertz CT molecular complexity index is 821. The second kappa shape index (κ2) is 6.47. The van der Waals surface area contributed by atoms with E-state index in [-0.39, 0.29) is 24.9 Å². The highest BCUT2D eigenvalue weighted by Gasteiger charge is 2.73. The summed E-state index contributed by atoms with van der Waals surface area (Å²) in [5.74, 6) is 0.588. The minimum atomic E-state index is -1.46. The zero-order valence-corrected chi connectivity index (χ0v) is 16.3. The molecule has 0 spiro atoms. The van der Waals surface area contributed by atoms with E-state index in [1.807, 2.05) is 19.1 Å². The van der Waals surface area contributed by atoms with Gasteiger partial charge in [-0.1, -0.05) is 13.0 Å². The molecule has 2 N–H and O–H groups in total. The molecule has 0 aromatic heterocycles. The molecule has 1 aromatic rings. The lowest BCUT2D eigenvalue weighted by Gasteiger charge is -2.46. The minimum absolute atomic E-state index is 0.0752. The summed E-state index contributed by atoms with van der Waals surface area (Å²) in [5, 5.41) is 22.3. The number of rotatable bonds is 5. The van der Waals surface area contributed by atoms with Crippen molar-refractivity contribution >= 4 is 5.78 Å². The van der Waals surface area contributed by atoms with Gasteiger partial charge in [0.15, 0.2) is 17.3 Å². The lowest BCUT2D eigenvalue weighted by molar-refractivity contribution is -0.199. The average Bonchev–Trinajstić information content (AvgIpc) is 3.21. The SMILES string of the molecule is C=CC[C@@]12CC(=O)C(O)[C@@](OC)(C1O)[C@@H](c1cc(OC)c3c(c1)OCO3)[C@@H]2C. The highest BCUT2D eigenvalue weighted by Crippen LogP contribution is 2.65. The number of allylic oxidation sites excluding steroid dienone is 1. The molecule has 1 heterocycles. The van der Waals surface area contributed by atoms with E-state index in [0.29, 0.717) is 23.7 Å².